The Morgan fingerprint density at radius 1 is 1.16 bits per heavy atom. The van der Waals surface area contributed by atoms with E-state index in [1.165, 1.54) is 11.1 Å². The second-order valence-corrected chi connectivity index (χ2v) is 6.60. The fourth-order valence-electron chi connectivity index (χ4n) is 2.27. The zero-order chi connectivity index (χ0) is 14.6. The van der Waals surface area contributed by atoms with E-state index in [1.807, 2.05) is 0 Å². The van der Waals surface area contributed by atoms with Gasteiger partial charge in [0.25, 0.3) is 0 Å². The van der Waals surface area contributed by atoms with Crippen LogP contribution in [0.4, 0.5) is 0 Å². The van der Waals surface area contributed by atoms with Gasteiger partial charge in [-0.15, -0.1) is 0 Å². The van der Waals surface area contributed by atoms with Crippen LogP contribution in [-0.4, -0.2) is 13.0 Å². The molecule has 1 amide bonds. The van der Waals surface area contributed by atoms with Crippen molar-refractivity contribution in [2.24, 2.45) is 5.92 Å². The lowest BCUT2D eigenvalue weighted by Gasteiger charge is -2.23. The van der Waals surface area contributed by atoms with E-state index in [4.69, 9.17) is 0 Å². The molecule has 0 aliphatic carbocycles. The Morgan fingerprint density at radius 2 is 1.68 bits per heavy atom. The summed E-state index contributed by atoms with van der Waals surface area (Å²) in [6.07, 6.45) is 0.559. The van der Waals surface area contributed by atoms with Gasteiger partial charge < -0.3 is 5.32 Å². The highest BCUT2D eigenvalue weighted by atomic mass is 16.1. The Balaban J connectivity index is 2.95. The first-order chi connectivity index (χ1) is 8.75. The maximum Gasteiger partial charge on any atom is 0.220 e. The van der Waals surface area contributed by atoms with Crippen LogP contribution in [0.5, 0.6) is 0 Å². The third-order valence-electron chi connectivity index (χ3n) is 3.69. The van der Waals surface area contributed by atoms with Crippen LogP contribution in [0.3, 0.4) is 0 Å². The van der Waals surface area contributed by atoms with Gasteiger partial charge in [-0.2, -0.15) is 0 Å². The Morgan fingerprint density at radius 3 is 2.05 bits per heavy atom. The van der Waals surface area contributed by atoms with Gasteiger partial charge in [0.05, 0.1) is 0 Å². The van der Waals surface area contributed by atoms with Crippen LogP contribution in [0.2, 0.25) is 0 Å². The van der Waals surface area contributed by atoms with Crippen molar-refractivity contribution in [1.82, 2.24) is 5.32 Å². The summed E-state index contributed by atoms with van der Waals surface area (Å²) in [5, 5.41) is 2.72. The topological polar surface area (TPSA) is 29.1 Å². The van der Waals surface area contributed by atoms with Crippen LogP contribution in [0, 0.1) is 5.92 Å². The minimum absolute atomic E-state index is 0.110. The summed E-state index contributed by atoms with van der Waals surface area (Å²) < 4.78 is 0. The van der Waals surface area contributed by atoms with Crippen molar-refractivity contribution in [2.45, 2.75) is 52.4 Å². The molecule has 0 saturated carbocycles. The van der Waals surface area contributed by atoms with Crippen LogP contribution in [-0.2, 0) is 10.2 Å². The molecule has 1 aromatic rings. The number of amides is 1. The molecule has 0 saturated heterocycles. The predicted molar refractivity (Wildman–Crippen MR) is 81.4 cm³/mol. The highest BCUT2D eigenvalue weighted by Crippen LogP contribution is 2.30. The van der Waals surface area contributed by atoms with Crippen molar-refractivity contribution in [1.29, 1.82) is 0 Å². The molecule has 0 radical (unpaired) electrons. The standard InChI is InChI=1S/C17H27NO/c1-12(2)15(11-16(19)18-6)13-7-9-14(10-8-13)17(3,4)5/h7-10,12,15H,11H2,1-6H3,(H,18,19). The molecule has 0 aliphatic heterocycles. The van der Waals surface area contributed by atoms with Gasteiger partial charge in [-0.05, 0) is 28.4 Å². The van der Waals surface area contributed by atoms with Crippen molar-refractivity contribution in [3.05, 3.63) is 35.4 Å². The summed E-state index contributed by atoms with van der Waals surface area (Å²) >= 11 is 0. The summed E-state index contributed by atoms with van der Waals surface area (Å²) in [6, 6.07) is 8.73. The molecule has 1 unspecified atom stereocenters. The zero-order valence-electron chi connectivity index (χ0n) is 13.1. The van der Waals surface area contributed by atoms with Crippen LogP contribution in [0.25, 0.3) is 0 Å². The van der Waals surface area contributed by atoms with E-state index < -0.39 is 0 Å². The van der Waals surface area contributed by atoms with Gasteiger partial charge in [0.15, 0.2) is 0 Å². The third kappa shape index (κ3) is 4.38. The molecule has 1 aromatic carbocycles. The maximum absolute atomic E-state index is 11.6. The fourth-order valence-corrected chi connectivity index (χ4v) is 2.27. The first-order valence-corrected chi connectivity index (χ1v) is 7.06. The number of nitrogens with one attached hydrogen (secondary N) is 1. The number of rotatable bonds is 4. The van der Waals surface area contributed by atoms with Crippen molar-refractivity contribution in [2.75, 3.05) is 7.05 Å². The fraction of sp³-hybridized carbons (Fsp3) is 0.588. The van der Waals surface area contributed by atoms with E-state index in [1.54, 1.807) is 7.05 Å². The smallest absolute Gasteiger partial charge is 0.220 e. The SMILES string of the molecule is CNC(=O)CC(c1ccc(C(C)(C)C)cc1)C(C)C. The van der Waals surface area contributed by atoms with Crippen LogP contribution < -0.4 is 5.32 Å². The normalized spacial score (nSPS) is 13.4. The number of carbonyl (C=O) groups is 1. The van der Waals surface area contributed by atoms with Crippen molar-refractivity contribution in [3.8, 4) is 0 Å². The minimum atomic E-state index is 0.110. The molecule has 106 valence electrons. The van der Waals surface area contributed by atoms with E-state index in [0.717, 1.165) is 0 Å². The average molecular weight is 261 g/mol. The van der Waals surface area contributed by atoms with Crippen LogP contribution >= 0.6 is 0 Å². The molecule has 1 N–H and O–H groups in total. The third-order valence-corrected chi connectivity index (χ3v) is 3.69. The van der Waals surface area contributed by atoms with Gasteiger partial charge >= 0.3 is 0 Å². The number of carbonyl (C=O) groups excluding carboxylic acids is 1. The van der Waals surface area contributed by atoms with Crippen molar-refractivity contribution < 1.29 is 4.79 Å². The molecule has 0 bridgehead atoms. The van der Waals surface area contributed by atoms with E-state index in [2.05, 4.69) is 64.2 Å². The summed E-state index contributed by atoms with van der Waals surface area (Å²) in [4.78, 5) is 11.6. The van der Waals surface area contributed by atoms with E-state index in [-0.39, 0.29) is 17.2 Å². The Labute approximate surface area is 117 Å². The molecule has 0 spiro atoms. The Bertz CT molecular complexity index is 412. The lowest BCUT2D eigenvalue weighted by atomic mass is 9.82. The summed E-state index contributed by atoms with van der Waals surface area (Å²) in [6.45, 7) is 11.0. The second kappa shape index (κ2) is 6.23. The Kier molecular flexibility index (Phi) is 5.16. The molecular weight excluding hydrogens is 234 g/mol. The molecule has 19 heavy (non-hydrogen) atoms. The van der Waals surface area contributed by atoms with E-state index in [0.29, 0.717) is 12.3 Å². The molecule has 1 atom stereocenters. The molecule has 2 heteroatoms. The number of benzene rings is 1. The average Bonchev–Trinajstić information content (AvgIpc) is 2.34. The minimum Gasteiger partial charge on any atom is -0.359 e. The zero-order valence-corrected chi connectivity index (χ0v) is 13.1. The number of hydrogen-bond acceptors (Lipinski definition) is 1. The quantitative estimate of drug-likeness (QED) is 0.876. The first kappa shape index (κ1) is 15.7. The predicted octanol–water partition coefficient (Wildman–Crippen LogP) is 3.86. The lowest BCUT2D eigenvalue weighted by Crippen LogP contribution is -2.22. The summed E-state index contributed by atoms with van der Waals surface area (Å²) in [5.74, 6) is 0.852. The van der Waals surface area contributed by atoms with Crippen molar-refractivity contribution >= 4 is 5.91 Å². The molecule has 1 rings (SSSR count). The van der Waals surface area contributed by atoms with Crippen LogP contribution in [0.15, 0.2) is 24.3 Å². The van der Waals surface area contributed by atoms with Gasteiger partial charge in [-0.3, -0.25) is 4.79 Å². The highest BCUT2D eigenvalue weighted by Gasteiger charge is 2.20. The number of hydrogen-bond donors (Lipinski definition) is 1. The molecule has 0 aliphatic rings. The van der Waals surface area contributed by atoms with Gasteiger partial charge in [0.1, 0.15) is 0 Å². The molecule has 0 aromatic heterocycles. The van der Waals surface area contributed by atoms with Gasteiger partial charge in [-0.1, -0.05) is 58.9 Å². The largest absolute Gasteiger partial charge is 0.359 e. The van der Waals surface area contributed by atoms with Crippen LogP contribution in [0.1, 0.15) is 58.1 Å². The lowest BCUT2D eigenvalue weighted by molar-refractivity contribution is -0.121. The maximum atomic E-state index is 11.6. The summed E-state index contributed by atoms with van der Waals surface area (Å²) in [7, 11) is 1.70. The van der Waals surface area contributed by atoms with Gasteiger partial charge in [-0.25, -0.2) is 0 Å². The molecule has 2 nitrogen and oxygen atoms in total. The highest BCUT2D eigenvalue weighted by molar-refractivity contribution is 5.76. The van der Waals surface area contributed by atoms with Gasteiger partial charge in [0.2, 0.25) is 5.91 Å². The monoisotopic (exact) mass is 261 g/mol. The molecule has 0 heterocycles. The Hall–Kier alpha value is -1.31. The molecule has 0 fully saturated rings. The van der Waals surface area contributed by atoms with Crippen molar-refractivity contribution in [3.63, 3.8) is 0 Å². The summed E-state index contributed by atoms with van der Waals surface area (Å²) in [5.41, 5.74) is 2.76. The van der Waals surface area contributed by atoms with E-state index >= 15 is 0 Å². The first-order valence-electron chi connectivity index (χ1n) is 7.06. The van der Waals surface area contributed by atoms with E-state index in [9.17, 15) is 4.79 Å². The molecular formula is C17H27NO. The van der Waals surface area contributed by atoms with Gasteiger partial charge in [0, 0.05) is 13.5 Å². The second-order valence-electron chi connectivity index (χ2n) is 6.60.